The molecule has 0 amide bonds. The van der Waals surface area contributed by atoms with Crippen molar-refractivity contribution in [1.82, 2.24) is 14.9 Å². The maximum atomic E-state index is 4.14. The zero-order valence-electron chi connectivity index (χ0n) is 8.16. The zero-order valence-corrected chi connectivity index (χ0v) is 8.16. The van der Waals surface area contributed by atoms with Gasteiger partial charge in [0, 0.05) is 37.4 Å². The van der Waals surface area contributed by atoms with Crippen molar-refractivity contribution in [2.45, 2.75) is 38.8 Å². The van der Waals surface area contributed by atoms with Gasteiger partial charge in [-0.2, -0.15) is 0 Å². The molecular weight excluding hydrogens is 162 g/mol. The van der Waals surface area contributed by atoms with Crippen LogP contribution in [0.2, 0.25) is 0 Å². The van der Waals surface area contributed by atoms with Crippen LogP contribution >= 0.6 is 0 Å². The quantitative estimate of drug-likeness (QED) is 0.736. The molecule has 1 aromatic rings. The Morgan fingerprint density at radius 1 is 1.62 bits per heavy atom. The highest BCUT2D eigenvalue weighted by Crippen LogP contribution is 2.18. The van der Waals surface area contributed by atoms with E-state index in [2.05, 4.69) is 21.8 Å². The van der Waals surface area contributed by atoms with E-state index in [1.54, 1.807) is 0 Å². The van der Waals surface area contributed by atoms with Crippen LogP contribution in [0.1, 0.15) is 25.5 Å². The number of nitrogens with one attached hydrogen (secondary N) is 1. The van der Waals surface area contributed by atoms with Crippen molar-refractivity contribution < 1.29 is 0 Å². The molecule has 2 rings (SSSR count). The number of rotatable bonds is 5. The summed E-state index contributed by atoms with van der Waals surface area (Å²) in [5, 5.41) is 3.51. The SMILES string of the molecule is CCn1cncc1CCNC1CC1. The lowest BCUT2D eigenvalue weighted by molar-refractivity contribution is 0.642. The summed E-state index contributed by atoms with van der Waals surface area (Å²) in [6, 6.07) is 0.818. The molecule has 0 atom stereocenters. The summed E-state index contributed by atoms with van der Waals surface area (Å²) < 4.78 is 2.20. The number of hydrogen-bond donors (Lipinski definition) is 1. The van der Waals surface area contributed by atoms with Gasteiger partial charge in [-0.1, -0.05) is 0 Å². The molecule has 72 valence electrons. The highest BCUT2D eigenvalue weighted by molar-refractivity contribution is 4.99. The second kappa shape index (κ2) is 3.92. The second-order valence-corrected chi connectivity index (χ2v) is 3.65. The van der Waals surface area contributed by atoms with Gasteiger partial charge >= 0.3 is 0 Å². The summed E-state index contributed by atoms with van der Waals surface area (Å²) in [4.78, 5) is 4.14. The average Bonchev–Trinajstić information content (AvgIpc) is 2.84. The molecule has 1 N–H and O–H groups in total. The van der Waals surface area contributed by atoms with Crippen molar-refractivity contribution in [3.05, 3.63) is 18.2 Å². The molecule has 0 aliphatic heterocycles. The Kier molecular flexibility index (Phi) is 2.64. The van der Waals surface area contributed by atoms with Gasteiger partial charge in [-0.15, -0.1) is 0 Å². The molecule has 1 aliphatic rings. The molecular formula is C10H17N3. The Morgan fingerprint density at radius 2 is 2.46 bits per heavy atom. The first-order valence-corrected chi connectivity index (χ1v) is 5.12. The van der Waals surface area contributed by atoms with Gasteiger partial charge in [-0.25, -0.2) is 4.98 Å². The highest BCUT2D eigenvalue weighted by atomic mass is 15.0. The molecule has 3 heteroatoms. The molecule has 0 bridgehead atoms. The molecule has 0 aromatic carbocycles. The van der Waals surface area contributed by atoms with Gasteiger partial charge in [-0.3, -0.25) is 0 Å². The average molecular weight is 179 g/mol. The smallest absolute Gasteiger partial charge is 0.0948 e. The Morgan fingerprint density at radius 3 is 3.15 bits per heavy atom. The molecule has 0 radical (unpaired) electrons. The van der Waals surface area contributed by atoms with E-state index in [-0.39, 0.29) is 0 Å². The standard InChI is InChI=1S/C10H17N3/c1-2-13-8-11-7-10(13)5-6-12-9-3-4-9/h7-9,12H,2-6H2,1H3. The number of hydrogen-bond acceptors (Lipinski definition) is 2. The summed E-state index contributed by atoms with van der Waals surface area (Å²) in [7, 11) is 0. The van der Waals surface area contributed by atoms with Crippen LogP contribution in [0.3, 0.4) is 0 Å². The predicted molar refractivity (Wildman–Crippen MR) is 52.6 cm³/mol. The van der Waals surface area contributed by atoms with Crippen LogP contribution < -0.4 is 5.32 Å². The monoisotopic (exact) mass is 179 g/mol. The van der Waals surface area contributed by atoms with E-state index in [0.29, 0.717) is 0 Å². The fourth-order valence-electron chi connectivity index (χ4n) is 1.53. The van der Waals surface area contributed by atoms with Crippen LogP contribution in [-0.4, -0.2) is 22.1 Å². The maximum Gasteiger partial charge on any atom is 0.0948 e. The van der Waals surface area contributed by atoms with E-state index in [1.165, 1.54) is 18.5 Å². The minimum atomic E-state index is 0.818. The molecule has 0 spiro atoms. The lowest BCUT2D eigenvalue weighted by Gasteiger charge is -2.05. The largest absolute Gasteiger partial charge is 0.335 e. The second-order valence-electron chi connectivity index (χ2n) is 3.65. The Hall–Kier alpha value is -0.830. The fraction of sp³-hybridized carbons (Fsp3) is 0.700. The van der Waals surface area contributed by atoms with Gasteiger partial charge in [0.1, 0.15) is 0 Å². The summed E-state index contributed by atoms with van der Waals surface area (Å²) >= 11 is 0. The van der Waals surface area contributed by atoms with Crippen LogP contribution in [0.4, 0.5) is 0 Å². The van der Waals surface area contributed by atoms with Gasteiger partial charge in [0.15, 0.2) is 0 Å². The fourth-order valence-corrected chi connectivity index (χ4v) is 1.53. The highest BCUT2D eigenvalue weighted by Gasteiger charge is 2.19. The van der Waals surface area contributed by atoms with Crippen molar-refractivity contribution in [2.75, 3.05) is 6.54 Å². The first kappa shape index (κ1) is 8.75. The summed E-state index contributed by atoms with van der Waals surface area (Å²) in [5.74, 6) is 0. The van der Waals surface area contributed by atoms with Crippen molar-refractivity contribution in [2.24, 2.45) is 0 Å². The molecule has 1 fully saturated rings. The molecule has 0 saturated heterocycles. The topological polar surface area (TPSA) is 29.9 Å². The zero-order chi connectivity index (χ0) is 9.10. The van der Waals surface area contributed by atoms with Crippen molar-refractivity contribution in [3.63, 3.8) is 0 Å². The molecule has 1 saturated carbocycles. The predicted octanol–water partition coefficient (Wildman–Crippen LogP) is 1.20. The summed E-state index contributed by atoms with van der Waals surface area (Å²) in [5.41, 5.74) is 1.34. The Balaban J connectivity index is 1.78. The normalized spacial score (nSPS) is 16.4. The van der Waals surface area contributed by atoms with Gasteiger partial charge in [0.05, 0.1) is 6.33 Å². The van der Waals surface area contributed by atoms with Crippen LogP contribution in [0.15, 0.2) is 12.5 Å². The van der Waals surface area contributed by atoms with E-state index in [0.717, 1.165) is 25.6 Å². The van der Waals surface area contributed by atoms with Crippen LogP contribution in [0.25, 0.3) is 0 Å². The number of nitrogens with zero attached hydrogens (tertiary/aromatic N) is 2. The first-order chi connectivity index (χ1) is 6.40. The maximum absolute atomic E-state index is 4.14. The molecule has 3 nitrogen and oxygen atoms in total. The van der Waals surface area contributed by atoms with Crippen molar-refractivity contribution in [3.8, 4) is 0 Å². The molecule has 1 aliphatic carbocycles. The minimum Gasteiger partial charge on any atom is -0.335 e. The van der Waals surface area contributed by atoms with Gasteiger partial charge in [0.2, 0.25) is 0 Å². The van der Waals surface area contributed by atoms with Crippen LogP contribution in [0.5, 0.6) is 0 Å². The lowest BCUT2D eigenvalue weighted by atomic mass is 10.3. The van der Waals surface area contributed by atoms with Crippen molar-refractivity contribution >= 4 is 0 Å². The lowest BCUT2D eigenvalue weighted by Crippen LogP contribution is -2.20. The first-order valence-electron chi connectivity index (χ1n) is 5.12. The molecule has 0 unspecified atom stereocenters. The van der Waals surface area contributed by atoms with E-state index >= 15 is 0 Å². The van der Waals surface area contributed by atoms with E-state index < -0.39 is 0 Å². The van der Waals surface area contributed by atoms with E-state index in [1.807, 2.05) is 12.5 Å². The molecule has 1 heterocycles. The van der Waals surface area contributed by atoms with Crippen molar-refractivity contribution in [1.29, 1.82) is 0 Å². The van der Waals surface area contributed by atoms with Gasteiger partial charge in [0.25, 0.3) is 0 Å². The third-order valence-corrected chi connectivity index (χ3v) is 2.53. The van der Waals surface area contributed by atoms with Gasteiger partial charge < -0.3 is 9.88 Å². The molecule has 13 heavy (non-hydrogen) atoms. The summed E-state index contributed by atoms with van der Waals surface area (Å²) in [6.45, 7) is 4.27. The summed E-state index contributed by atoms with van der Waals surface area (Å²) in [6.07, 6.45) is 7.72. The number of imidazole rings is 1. The van der Waals surface area contributed by atoms with E-state index in [4.69, 9.17) is 0 Å². The third-order valence-electron chi connectivity index (χ3n) is 2.53. The van der Waals surface area contributed by atoms with Crippen LogP contribution in [-0.2, 0) is 13.0 Å². The van der Waals surface area contributed by atoms with Gasteiger partial charge in [-0.05, 0) is 19.8 Å². The van der Waals surface area contributed by atoms with Crippen LogP contribution in [0, 0.1) is 0 Å². The minimum absolute atomic E-state index is 0.818. The Bertz CT molecular complexity index is 263. The number of aromatic nitrogens is 2. The number of aryl methyl sites for hydroxylation is 1. The third kappa shape index (κ3) is 2.31. The van der Waals surface area contributed by atoms with E-state index in [9.17, 15) is 0 Å². The Labute approximate surface area is 79.2 Å². The molecule has 1 aromatic heterocycles.